The number of carbonyl (C=O) groups is 1. The smallest absolute Gasteiger partial charge is 0.245 e. The lowest BCUT2D eigenvalue weighted by atomic mass is 9.98. The Bertz CT molecular complexity index is 751. The summed E-state index contributed by atoms with van der Waals surface area (Å²) in [6.07, 6.45) is 5.34. The lowest BCUT2D eigenvalue weighted by Crippen LogP contribution is -2.56. The monoisotopic (exact) mass is 378 g/mol. The molecule has 1 aromatic rings. The fourth-order valence-corrected chi connectivity index (χ4v) is 6.30. The molecule has 26 heavy (non-hydrogen) atoms. The van der Waals surface area contributed by atoms with Crippen molar-refractivity contribution in [1.29, 1.82) is 0 Å². The second kappa shape index (κ2) is 6.94. The first kappa shape index (κ1) is 17.9. The summed E-state index contributed by atoms with van der Waals surface area (Å²) in [5.41, 5.74) is -0.804. The largest absolute Gasteiger partial charge is 0.358 e. The lowest BCUT2D eigenvalue weighted by molar-refractivity contribution is -0.143. The summed E-state index contributed by atoms with van der Waals surface area (Å²) < 4.78 is 33.7. The number of ether oxygens (including phenoxy) is 1. The molecule has 0 radical (unpaired) electrons. The summed E-state index contributed by atoms with van der Waals surface area (Å²) in [4.78, 5) is 14.9. The van der Waals surface area contributed by atoms with Crippen molar-refractivity contribution in [1.82, 2.24) is 9.21 Å². The molecule has 1 aromatic carbocycles. The van der Waals surface area contributed by atoms with Gasteiger partial charge in [-0.15, -0.1) is 0 Å². The number of carbonyl (C=O) groups excluding carboxylic acids is 1. The minimum absolute atomic E-state index is 0.165. The summed E-state index contributed by atoms with van der Waals surface area (Å²) in [5.74, 6) is 0.408. The molecule has 2 aliphatic heterocycles. The van der Waals surface area contributed by atoms with Gasteiger partial charge in [-0.25, -0.2) is 8.42 Å². The highest BCUT2D eigenvalue weighted by Crippen LogP contribution is 2.39. The zero-order valence-electron chi connectivity index (χ0n) is 15.0. The van der Waals surface area contributed by atoms with Crippen LogP contribution in [0.5, 0.6) is 0 Å². The highest BCUT2D eigenvalue weighted by atomic mass is 32.2. The number of sulfonamides is 1. The van der Waals surface area contributed by atoms with E-state index >= 15 is 0 Å². The van der Waals surface area contributed by atoms with Gasteiger partial charge in [-0.05, 0) is 25.0 Å². The molecular formula is C19H26N2O4S. The van der Waals surface area contributed by atoms with E-state index in [1.54, 1.807) is 24.3 Å². The number of piperidine rings is 1. The average Bonchev–Trinajstić information content (AvgIpc) is 3.33. The summed E-state index contributed by atoms with van der Waals surface area (Å²) in [6, 6.07) is 8.53. The molecule has 2 saturated heterocycles. The number of rotatable bonds is 3. The maximum absolute atomic E-state index is 13.1. The van der Waals surface area contributed by atoms with Crippen LogP contribution in [0.15, 0.2) is 35.2 Å². The van der Waals surface area contributed by atoms with Gasteiger partial charge in [0.15, 0.2) is 0 Å². The van der Waals surface area contributed by atoms with Crippen molar-refractivity contribution in [3.8, 4) is 0 Å². The fraction of sp³-hybridized carbons (Fsp3) is 0.632. The van der Waals surface area contributed by atoms with Crippen molar-refractivity contribution in [2.45, 2.75) is 49.1 Å². The molecule has 2 heterocycles. The molecule has 0 unspecified atom stereocenters. The summed E-state index contributed by atoms with van der Waals surface area (Å²) >= 11 is 0. The van der Waals surface area contributed by atoms with Crippen molar-refractivity contribution in [3.63, 3.8) is 0 Å². The molecule has 1 spiro atoms. The van der Waals surface area contributed by atoms with Crippen LogP contribution >= 0.6 is 0 Å². The minimum atomic E-state index is -3.60. The molecule has 3 aliphatic rings. The summed E-state index contributed by atoms with van der Waals surface area (Å²) in [7, 11) is -3.60. The molecule has 1 aliphatic carbocycles. The molecule has 0 aromatic heterocycles. The second-order valence-electron chi connectivity index (χ2n) is 7.49. The van der Waals surface area contributed by atoms with Crippen LogP contribution < -0.4 is 0 Å². The Morgan fingerprint density at radius 3 is 2.35 bits per heavy atom. The van der Waals surface area contributed by atoms with Gasteiger partial charge in [0.2, 0.25) is 15.9 Å². The Balaban J connectivity index is 1.49. The molecule has 4 rings (SSSR count). The van der Waals surface area contributed by atoms with Gasteiger partial charge in [0, 0.05) is 38.4 Å². The molecular weight excluding hydrogens is 352 g/mol. The van der Waals surface area contributed by atoms with E-state index in [1.807, 2.05) is 11.0 Å². The molecule has 1 amide bonds. The van der Waals surface area contributed by atoms with Crippen molar-refractivity contribution >= 4 is 15.9 Å². The van der Waals surface area contributed by atoms with E-state index in [-0.39, 0.29) is 11.8 Å². The van der Waals surface area contributed by atoms with Crippen LogP contribution in [0, 0.1) is 5.92 Å². The average molecular weight is 378 g/mol. The second-order valence-corrected chi connectivity index (χ2v) is 9.35. The third-order valence-corrected chi connectivity index (χ3v) is 7.98. The van der Waals surface area contributed by atoms with Crippen LogP contribution in [-0.2, 0) is 19.6 Å². The number of nitrogens with zero attached hydrogens (tertiary/aromatic N) is 2. The highest BCUT2D eigenvalue weighted by Gasteiger charge is 2.51. The standard InChI is InChI=1S/C19H26N2O4S/c22-18(16-6-4-5-7-16)20-12-10-19(11-13-20)21(14-15-25-19)26(23,24)17-8-2-1-3-9-17/h1-3,8-9,16H,4-7,10-15H2. The van der Waals surface area contributed by atoms with Crippen molar-refractivity contribution in [2.75, 3.05) is 26.2 Å². The first-order chi connectivity index (χ1) is 12.5. The molecule has 0 atom stereocenters. The van der Waals surface area contributed by atoms with Crippen molar-refractivity contribution in [2.24, 2.45) is 5.92 Å². The van der Waals surface area contributed by atoms with Crippen LogP contribution in [0.25, 0.3) is 0 Å². The quantitative estimate of drug-likeness (QED) is 0.809. The Morgan fingerprint density at radius 2 is 1.69 bits per heavy atom. The van der Waals surface area contributed by atoms with Crippen LogP contribution in [-0.4, -0.2) is 55.5 Å². The Kier molecular flexibility index (Phi) is 4.79. The molecule has 1 saturated carbocycles. The van der Waals surface area contributed by atoms with Gasteiger partial charge < -0.3 is 9.64 Å². The van der Waals surface area contributed by atoms with E-state index in [0.29, 0.717) is 44.0 Å². The predicted octanol–water partition coefficient (Wildman–Crippen LogP) is 2.22. The van der Waals surface area contributed by atoms with E-state index in [1.165, 1.54) is 4.31 Å². The van der Waals surface area contributed by atoms with Gasteiger partial charge >= 0.3 is 0 Å². The van der Waals surface area contributed by atoms with E-state index < -0.39 is 15.7 Å². The predicted molar refractivity (Wildman–Crippen MR) is 96.8 cm³/mol. The third-order valence-electron chi connectivity index (χ3n) is 6.01. The maximum atomic E-state index is 13.1. The van der Waals surface area contributed by atoms with Gasteiger partial charge in [-0.2, -0.15) is 4.31 Å². The zero-order chi connectivity index (χ0) is 18.2. The highest BCUT2D eigenvalue weighted by molar-refractivity contribution is 7.89. The van der Waals surface area contributed by atoms with Gasteiger partial charge in [0.25, 0.3) is 0 Å². The van der Waals surface area contributed by atoms with Crippen molar-refractivity contribution < 1.29 is 17.9 Å². The normalized spacial score (nSPS) is 24.4. The number of likely N-dealkylation sites (tertiary alicyclic amines) is 1. The number of hydrogen-bond acceptors (Lipinski definition) is 4. The molecule has 6 nitrogen and oxygen atoms in total. The first-order valence-corrected chi connectivity index (χ1v) is 11.0. The zero-order valence-corrected chi connectivity index (χ0v) is 15.8. The lowest BCUT2D eigenvalue weighted by Gasteiger charge is -2.43. The number of hydrogen-bond donors (Lipinski definition) is 0. The van der Waals surface area contributed by atoms with Gasteiger partial charge in [0.1, 0.15) is 5.72 Å². The van der Waals surface area contributed by atoms with Gasteiger partial charge in [-0.3, -0.25) is 4.79 Å². The van der Waals surface area contributed by atoms with Crippen LogP contribution in [0.3, 0.4) is 0 Å². The number of amides is 1. The Morgan fingerprint density at radius 1 is 1.04 bits per heavy atom. The minimum Gasteiger partial charge on any atom is -0.358 e. The van der Waals surface area contributed by atoms with Crippen LogP contribution in [0.2, 0.25) is 0 Å². The SMILES string of the molecule is O=C(C1CCCC1)N1CCC2(CC1)OCCN2S(=O)(=O)c1ccccc1. The molecule has 142 valence electrons. The molecule has 0 N–H and O–H groups in total. The maximum Gasteiger partial charge on any atom is 0.245 e. The summed E-state index contributed by atoms with van der Waals surface area (Å²) in [6.45, 7) is 1.91. The number of benzene rings is 1. The van der Waals surface area contributed by atoms with E-state index in [2.05, 4.69) is 0 Å². The van der Waals surface area contributed by atoms with Crippen LogP contribution in [0.4, 0.5) is 0 Å². The Labute approximate surface area is 155 Å². The van der Waals surface area contributed by atoms with Gasteiger partial charge in [0.05, 0.1) is 11.5 Å². The van der Waals surface area contributed by atoms with Crippen molar-refractivity contribution in [3.05, 3.63) is 30.3 Å². The van der Waals surface area contributed by atoms with Gasteiger partial charge in [-0.1, -0.05) is 31.0 Å². The molecule has 3 fully saturated rings. The molecule has 0 bridgehead atoms. The third kappa shape index (κ3) is 3.06. The topological polar surface area (TPSA) is 66.9 Å². The summed E-state index contributed by atoms with van der Waals surface area (Å²) in [5, 5.41) is 0. The van der Waals surface area contributed by atoms with Crippen LogP contribution in [0.1, 0.15) is 38.5 Å². The Hall–Kier alpha value is -1.44. The van der Waals surface area contributed by atoms with E-state index in [4.69, 9.17) is 4.74 Å². The van der Waals surface area contributed by atoms with E-state index in [9.17, 15) is 13.2 Å². The van der Waals surface area contributed by atoms with E-state index in [0.717, 1.165) is 25.7 Å². The fourth-order valence-electron chi connectivity index (χ4n) is 4.55. The molecule has 7 heteroatoms. The first-order valence-electron chi connectivity index (χ1n) is 9.54.